The highest BCUT2D eigenvalue weighted by Crippen LogP contribution is 2.24. The molecule has 0 bridgehead atoms. The summed E-state index contributed by atoms with van der Waals surface area (Å²) in [5.74, 6) is 0.178. The van der Waals surface area contributed by atoms with Crippen LogP contribution in [-0.4, -0.2) is 29.9 Å². The van der Waals surface area contributed by atoms with E-state index in [0.29, 0.717) is 6.04 Å². The Morgan fingerprint density at radius 3 is 2.58 bits per heavy atom. The van der Waals surface area contributed by atoms with Crippen molar-refractivity contribution in [1.29, 1.82) is 0 Å². The second-order valence-electron chi connectivity index (χ2n) is 5.19. The zero-order valence-electron chi connectivity index (χ0n) is 11.5. The molecule has 1 N–H and O–H groups in total. The fourth-order valence-corrected chi connectivity index (χ4v) is 2.93. The Bertz CT molecular complexity index is 442. The van der Waals surface area contributed by atoms with Crippen molar-refractivity contribution in [1.82, 2.24) is 10.2 Å². The quantitative estimate of drug-likeness (QED) is 0.923. The Hall–Kier alpha value is -1.06. The van der Waals surface area contributed by atoms with E-state index in [1.807, 2.05) is 23.1 Å². The number of piperidine rings is 1. The Balaban J connectivity index is 1.89. The van der Waals surface area contributed by atoms with Gasteiger partial charge in [-0.3, -0.25) is 4.79 Å². The van der Waals surface area contributed by atoms with E-state index in [-0.39, 0.29) is 11.9 Å². The minimum Gasteiger partial charge on any atom is -0.343 e. The smallest absolute Gasteiger partial charge is 0.219 e. The number of rotatable bonds is 3. The molecule has 0 aromatic heterocycles. The van der Waals surface area contributed by atoms with Crippen LogP contribution in [0, 0.1) is 0 Å². The molecule has 104 valence electrons. The van der Waals surface area contributed by atoms with E-state index in [9.17, 15) is 4.79 Å². The maximum absolute atomic E-state index is 11.3. The van der Waals surface area contributed by atoms with Crippen LogP contribution < -0.4 is 5.32 Å². The average Bonchev–Trinajstić information content (AvgIpc) is 2.39. The van der Waals surface area contributed by atoms with Crippen LogP contribution in [0.5, 0.6) is 0 Å². The number of amides is 1. The number of nitrogens with one attached hydrogen (secondary N) is 1. The van der Waals surface area contributed by atoms with Crippen molar-refractivity contribution in [2.45, 2.75) is 38.8 Å². The topological polar surface area (TPSA) is 32.3 Å². The lowest BCUT2D eigenvalue weighted by Gasteiger charge is -2.33. The molecule has 2 rings (SSSR count). The molecule has 1 aromatic rings. The van der Waals surface area contributed by atoms with Gasteiger partial charge < -0.3 is 10.2 Å². The van der Waals surface area contributed by atoms with Gasteiger partial charge in [0.25, 0.3) is 0 Å². The summed E-state index contributed by atoms with van der Waals surface area (Å²) in [4.78, 5) is 13.2. The predicted octanol–water partition coefficient (Wildman–Crippen LogP) is 3.00. The molecule has 0 unspecified atom stereocenters. The summed E-state index contributed by atoms with van der Waals surface area (Å²) in [5.41, 5.74) is 1.14. The maximum Gasteiger partial charge on any atom is 0.219 e. The molecule has 0 aliphatic carbocycles. The fraction of sp³-hybridized carbons (Fsp3) is 0.533. The summed E-state index contributed by atoms with van der Waals surface area (Å²) in [6.45, 7) is 5.48. The van der Waals surface area contributed by atoms with Gasteiger partial charge in [-0.2, -0.15) is 0 Å². The molecule has 1 heterocycles. The van der Waals surface area contributed by atoms with Crippen molar-refractivity contribution >= 4 is 17.5 Å². The maximum atomic E-state index is 11.3. The summed E-state index contributed by atoms with van der Waals surface area (Å²) in [5, 5.41) is 4.42. The highest BCUT2D eigenvalue weighted by atomic mass is 35.5. The Morgan fingerprint density at radius 2 is 2.00 bits per heavy atom. The molecule has 1 aliphatic rings. The van der Waals surface area contributed by atoms with Crippen LogP contribution in [0.4, 0.5) is 0 Å². The highest BCUT2D eigenvalue weighted by molar-refractivity contribution is 6.31. The number of nitrogens with zero attached hydrogens (tertiary/aromatic N) is 1. The SMILES string of the molecule is CC(=O)N1CCC(N[C@@H](C)c2ccccc2Cl)CC1. The van der Waals surface area contributed by atoms with E-state index in [1.165, 1.54) is 0 Å². The first-order chi connectivity index (χ1) is 9.08. The zero-order valence-corrected chi connectivity index (χ0v) is 12.3. The number of likely N-dealkylation sites (tertiary alicyclic amines) is 1. The molecule has 4 heteroatoms. The highest BCUT2D eigenvalue weighted by Gasteiger charge is 2.22. The van der Waals surface area contributed by atoms with Crippen molar-refractivity contribution in [2.24, 2.45) is 0 Å². The van der Waals surface area contributed by atoms with Crippen LogP contribution in [0.2, 0.25) is 5.02 Å². The van der Waals surface area contributed by atoms with Gasteiger partial charge in [0.1, 0.15) is 0 Å². The lowest BCUT2D eigenvalue weighted by atomic mass is 10.0. The summed E-state index contributed by atoms with van der Waals surface area (Å²) in [7, 11) is 0. The zero-order chi connectivity index (χ0) is 13.8. The molecule has 3 nitrogen and oxygen atoms in total. The molecule has 19 heavy (non-hydrogen) atoms. The molecular formula is C15H21ClN2O. The van der Waals surface area contributed by atoms with Crippen LogP contribution in [0.15, 0.2) is 24.3 Å². The van der Waals surface area contributed by atoms with Gasteiger partial charge in [-0.15, -0.1) is 0 Å². The fourth-order valence-electron chi connectivity index (χ4n) is 2.63. The number of carbonyl (C=O) groups is 1. The monoisotopic (exact) mass is 280 g/mol. The number of halogens is 1. The molecular weight excluding hydrogens is 260 g/mol. The van der Waals surface area contributed by atoms with Crippen LogP contribution in [-0.2, 0) is 4.79 Å². The van der Waals surface area contributed by atoms with E-state index in [2.05, 4.69) is 18.3 Å². The number of hydrogen-bond donors (Lipinski definition) is 1. The van der Waals surface area contributed by atoms with Crippen molar-refractivity contribution in [2.75, 3.05) is 13.1 Å². The van der Waals surface area contributed by atoms with E-state index in [1.54, 1.807) is 6.92 Å². The molecule has 0 saturated carbocycles. The van der Waals surface area contributed by atoms with Gasteiger partial charge in [-0.1, -0.05) is 29.8 Å². The van der Waals surface area contributed by atoms with Gasteiger partial charge in [-0.05, 0) is 31.4 Å². The Labute approximate surface area is 119 Å². The van der Waals surface area contributed by atoms with E-state index < -0.39 is 0 Å². The molecule has 0 radical (unpaired) electrons. The van der Waals surface area contributed by atoms with Gasteiger partial charge in [0.15, 0.2) is 0 Å². The minimum absolute atomic E-state index is 0.178. The van der Waals surface area contributed by atoms with Crippen molar-refractivity contribution in [3.63, 3.8) is 0 Å². The van der Waals surface area contributed by atoms with Crippen LogP contribution in [0.1, 0.15) is 38.3 Å². The van der Waals surface area contributed by atoms with Crippen molar-refractivity contribution in [3.05, 3.63) is 34.9 Å². The first kappa shape index (κ1) is 14.4. The summed E-state index contributed by atoms with van der Waals surface area (Å²) in [6, 6.07) is 8.64. The third kappa shape index (κ3) is 3.71. The lowest BCUT2D eigenvalue weighted by Crippen LogP contribution is -2.44. The first-order valence-electron chi connectivity index (χ1n) is 6.84. The van der Waals surface area contributed by atoms with E-state index in [4.69, 9.17) is 11.6 Å². The Kier molecular flexibility index (Phi) is 4.83. The van der Waals surface area contributed by atoms with Gasteiger partial charge in [0.05, 0.1) is 0 Å². The number of hydrogen-bond acceptors (Lipinski definition) is 2. The van der Waals surface area contributed by atoms with Gasteiger partial charge in [-0.25, -0.2) is 0 Å². The molecule has 1 saturated heterocycles. The predicted molar refractivity (Wildman–Crippen MR) is 78.3 cm³/mol. The average molecular weight is 281 g/mol. The van der Waals surface area contributed by atoms with Gasteiger partial charge >= 0.3 is 0 Å². The van der Waals surface area contributed by atoms with Crippen molar-refractivity contribution in [3.8, 4) is 0 Å². The van der Waals surface area contributed by atoms with Crippen LogP contribution in [0.25, 0.3) is 0 Å². The molecule has 1 fully saturated rings. The minimum atomic E-state index is 0.178. The molecule has 0 spiro atoms. The number of benzene rings is 1. The van der Waals surface area contributed by atoms with Gasteiger partial charge in [0.2, 0.25) is 5.91 Å². The van der Waals surface area contributed by atoms with E-state index >= 15 is 0 Å². The summed E-state index contributed by atoms with van der Waals surface area (Å²) < 4.78 is 0. The molecule has 1 amide bonds. The second kappa shape index (κ2) is 6.40. The number of carbonyl (C=O) groups excluding carboxylic acids is 1. The van der Waals surface area contributed by atoms with Crippen LogP contribution >= 0.6 is 11.6 Å². The summed E-state index contributed by atoms with van der Waals surface area (Å²) in [6.07, 6.45) is 2.02. The standard InChI is InChI=1S/C15H21ClN2O/c1-11(14-5-3-4-6-15(14)16)17-13-7-9-18(10-8-13)12(2)19/h3-6,11,13,17H,7-10H2,1-2H3/t11-/m0/s1. The van der Waals surface area contributed by atoms with Crippen molar-refractivity contribution < 1.29 is 4.79 Å². The Morgan fingerprint density at radius 1 is 1.37 bits per heavy atom. The third-order valence-corrected chi connectivity index (χ3v) is 4.14. The molecule has 1 atom stereocenters. The normalized spacial score (nSPS) is 18.4. The second-order valence-corrected chi connectivity index (χ2v) is 5.60. The molecule has 1 aromatic carbocycles. The van der Waals surface area contributed by atoms with Gasteiger partial charge in [0, 0.05) is 37.1 Å². The molecule has 1 aliphatic heterocycles. The largest absolute Gasteiger partial charge is 0.343 e. The lowest BCUT2D eigenvalue weighted by molar-refractivity contribution is -0.129. The summed E-state index contributed by atoms with van der Waals surface area (Å²) >= 11 is 6.21. The third-order valence-electron chi connectivity index (χ3n) is 3.80. The van der Waals surface area contributed by atoms with E-state index in [0.717, 1.165) is 36.5 Å². The van der Waals surface area contributed by atoms with Crippen LogP contribution in [0.3, 0.4) is 0 Å². The first-order valence-corrected chi connectivity index (χ1v) is 7.21.